The second kappa shape index (κ2) is 11.4. The molecule has 0 heterocycles. The van der Waals surface area contributed by atoms with Gasteiger partial charge in [0.25, 0.3) is 0 Å². The first-order chi connectivity index (χ1) is 11.4. The van der Waals surface area contributed by atoms with Crippen molar-refractivity contribution in [1.29, 1.82) is 0 Å². The zero-order chi connectivity index (χ0) is 18.8. The van der Waals surface area contributed by atoms with Gasteiger partial charge in [0.1, 0.15) is 5.79 Å². The lowest BCUT2D eigenvalue weighted by Crippen LogP contribution is -2.72. The SMILES string of the molecule is CCN(CC)C(CC(CO)(CO)CO)(N(CC)CC)N(CC)CC. The lowest BCUT2D eigenvalue weighted by atomic mass is 9.81. The lowest BCUT2D eigenvalue weighted by Gasteiger charge is -2.58. The van der Waals surface area contributed by atoms with Gasteiger partial charge in [0.15, 0.2) is 0 Å². The number of hydrogen-bond donors (Lipinski definition) is 3. The van der Waals surface area contributed by atoms with Crippen molar-refractivity contribution in [3.8, 4) is 0 Å². The number of aliphatic hydroxyl groups is 3. The summed E-state index contributed by atoms with van der Waals surface area (Å²) in [5.41, 5.74) is -0.909. The van der Waals surface area contributed by atoms with Gasteiger partial charge in [-0.15, -0.1) is 0 Å². The van der Waals surface area contributed by atoms with E-state index >= 15 is 0 Å². The van der Waals surface area contributed by atoms with Crippen molar-refractivity contribution in [1.82, 2.24) is 14.7 Å². The van der Waals surface area contributed by atoms with Crippen LogP contribution in [0.5, 0.6) is 0 Å². The zero-order valence-electron chi connectivity index (χ0n) is 16.8. The Morgan fingerprint density at radius 2 is 0.792 bits per heavy atom. The predicted molar refractivity (Wildman–Crippen MR) is 99.8 cm³/mol. The fourth-order valence-corrected chi connectivity index (χ4v) is 3.95. The fourth-order valence-electron chi connectivity index (χ4n) is 3.95. The molecule has 0 aliphatic heterocycles. The highest BCUT2D eigenvalue weighted by Crippen LogP contribution is 2.37. The molecule has 0 amide bonds. The second-order valence-electron chi connectivity index (χ2n) is 6.44. The van der Waals surface area contributed by atoms with Gasteiger partial charge in [0.2, 0.25) is 0 Å². The molecule has 0 aliphatic carbocycles. The zero-order valence-corrected chi connectivity index (χ0v) is 16.8. The Bertz CT molecular complexity index is 273. The molecule has 0 bridgehead atoms. The van der Waals surface area contributed by atoms with Gasteiger partial charge in [0.05, 0.1) is 19.8 Å². The summed E-state index contributed by atoms with van der Waals surface area (Å²) in [7, 11) is 0. The predicted octanol–water partition coefficient (Wildman–Crippen LogP) is 1.02. The van der Waals surface area contributed by atoms with Crippen LogP contribution in [-0.4, -0.2) is 94.9 Å². The van der Waals surface area contributed by atoms with Crippen LogP contribution in [0.3, 0.4) is 0 Å². The van der Waals surface area contributed by atoms with Crippen molar-refractivity contribution in [3.63, 3.8) is 0 Å². The Hall–Kier alpha value is -0.240. The van der Waals surface area contributed by atoms with Gasteiger partial charge < -0.3 is 15.3 Å². The molecule has 0 unspecified atom stereocenters. The van der Waals surface area contributed by atoms with E-state index in [1.807, 2.05) is 0 Å². The standard InChI is InChI=1S/C18H41N3O3/c1-7-19(8-2)18(20(9-3)10-4,21(11-5)12-6)13-17(14-22,15-23)16-24/h22-24H,7-16H2,1-6H3. The third kappa shape index (κ3) is 4.68. The lowest BCUT2D eigenvalue weighted by molar-refractivity contribution is -0.197. The Kier molecular flexibility index (Phi) is 11.3. The Labute approximate surface area is 149 Å². The Balaban J connectivity index is 6.34. The molecule has 6 nitrogen and oxygen atoms in total. The molecule has 24 heavy (non-hydrogen) atoms. The third-order valence-corrected chi connectivity index (χ3v) is 5.43. The monoisotopic (exact) mass is 347 g/mol. The summed E-state index contributed by atoms with van der Waals surface area (Å²) in [6.07, 6.45) is 0.495. The average molecular weight is 348 g/mol. The van der Waals surface area contributed by atoms with Crippen LogP contribution in [0.2, 0.25) is 0 Å². The van der Waals surface area contributed by atoms with Crippen molar-refractivity contribution in [2.75, 3.05) is 59.1 Å². The maximum absolute atomic E-state index is 9.95. The molecule has 0 radical (unpaired) electrons. The van der Waals surface area contributed by atoms with E-state index in [4.69, 9.17) is 0 Å². The second-order valence-corrected chi connectivity index (χ2v) is 6.44. The molecule has 6 heteroatoms. The molecule has 0 saturated carbocycles. The van der Waals surface area contributed by atoms with Crippen LogP contribution in [-0.2, 0) is 0 Å². The molecule has 0 atom stereocenters. The van der Waals surface area contributed by atoms with E-state index < -0.39 is 11.2 Å². The van der Waals surface area contributed by atoms with Crippen molar-refractivity contribution >= 4 is 0 Å². The van der Waals surface area contributed by atoms with Gasteiger partial charge in [-0.05, 0) is 39.3 Å². The van der Waals surface area contributed by atoms with Crippen molar-refractivity contribution in [3.05, 3.63) is 0 Å². The van der Waals surface area contributed by atoms with Crippen molar-refractivity contribution in [2.24, 2.45) is 5.41 Å². The van der Waals surface area contributed by atoms with Crippen LogP contribution in [0.15, 0.2) is 0 Å². The molecular weight excluding hydrogens is 306 g/mol. The van der Waals surface area contributed by atoms with Crippen molar-refractivity contribution < 1.29 is 15.3 Å². The molecule has 0 aromatic carbocycles. The van der Waals surface area contributed by atoms with Gasteiger partial charge in [0, 0.05) is 11.8 Å². The minimum Gasteiger partial charge on any atom is -0.396 e. The summed E-state index contributed by atoms with van der Waals surface area (Å²) in [5, 5.41) is 29.8. The molecule has 3 N–H and O–H groups in total. The first kappa shape index (κ1) is 23.8. The van der Waals surface area contributed by atoms with E-state index in [9.17, 15) is 15.3 Å². The summed E-state index contributed by atoms with van der Waals surface area (Å²) in [6, 6.07) is 0. The number of nitrogens with zero attached hydrogens (tertiary/aromatic N) is 3. The van der Waals surface area contributed by atoms with E-state index in [0.717, 1.165) is 39.3 Å². The quantitative estimate of drug-likeness (QED) is 0.408. The van der Waals surface area contributed by atoms with Crippen LogP contribution >= 0.6 is 0 Å². The summed E-state index contributed by atoms with van der Waals surface area (Å²) in [4.78, 5) is 7.17. The van der Waals surface area contributed by atoms with E-state index in [0.29, 0.717) is 6.42 Å². The molecule has 0 rings (SSSR count). The Morgan fingerprint density at radius 3 is 0.958 bits per heavy atom. The highest BCUT2D eigenvalue weighted by molar-refractivity contribution is 4.96. The highest BCUT2D eigenvalue weighted by Gasteiger charge is 2.49. The van der Waals surface area contributed by atoms with Crippen LogP contribution in [0.1, 0.15) is 48.0 Å². The van der Waals surface area contributed by atoms with Crippen molar-refractivity contribution in [2.45, 2.75) is 53.8 Å². The van der Waals surface area contributed by atoms with Gasteiger partial charge in [-0.1, -0.05) is 41.5 Å². The first-order valence-corrected chi connectivity index (χ1v) is 9.53. The summed E-state index contributed by atoms with van der Waals surface area (Å²) in [5.74, 6) is -0.440. The minimum absolute atomic E-state index is 0.231. The summed E-state index contributed by atoms with van der Waals surface area (Å²) >= 11 is 0. The maximum atomic E-state index is 9.95. The summed E-state index contributed by atoms with van der Waals surface area (Å²) < 4.78 is 0. The maximum Gasteiger partial charge on any atom is 0.131 e. The highest BCUT2D eigenvalue weighted by atomic mass is 16.3. The average Bonchev–Trinajstić information content (AvgIpc) is 2.62. The molecular formula is C18H41N3O3. The Morgan fingerprint density at radius 1 is 0.542 bits per heavy atom. The van der Waals surface area contributed by atoms with Gasteiger partial charge >= 0.3 is 0 Å². The first-order valence-electron chi connectivity index (χ1n) is 9.53. The topological polar surface area (TPSA) is 70.4 Å². The molecule has 0 aromatic rings. The van der Waals surface area contributed by atoms with E-state index in [-0.39, 0.29) is 19.8 Å². The van der Waals surface area contributed by atoms with Gasteiger partial charge in [-0.3, -0.25) is 14.7 Å². The van der Waals surface area contributed by atoms with Gasteiger partial charge in [-0.25, -0.2) is 0 Å². The van der Waals surface area contributed by atoms with E-state index in [1.165, 1.54) is 0 Å². The van der Waals surface area contributed by atoms with Crippen LogP contribution in [0, 0.1) is 5.41 Å². The third-order valence-electron chi connectivity index (χ3n) is 5.43. The minimum atomic E-state index is -0.909. The van der Waals surface area contributed by atoms with E-state index in [2.05, 4.69) is 56.2 Å². The molecule has 146 valence electrons. The number of aliphatic hydroxyl groups excluding tert-OH is 3. The molecule has 0 aliphatic rings. The molecule has 0 fully saturated rings. The number of rotatable bonds is 14. The fraction of sp³-hybridized carbons (Fsp3) is 1.00. The smallest absolute Gasteiger partial charge is 0.131 e. The molecule has 0 saturated heterocycles. The molecule has 0 spiro atoms. The van der Waals surface area contributed by atoms with Crippen LogP contribution in [0.4, 0.5) is 0 Å². The number of hydrogen-bond acceptors (Lipinski definition) is 6. The van der Waals surface area contributed by atoms with E-state index in [1.54, 1.807) is 0 Å². The molecule has 0 aromatic heterocycles. The van der Waals surface area contributed by atoms with Gasteiger partial charge in [-0.2, -0.15) is 0 Å². The normalized spacial score (nSPS) is 13.5. The largest absolute Gasteiger partial charge is 0.396 e. The van der Waals surface area contributed by atoms with Crippen LogP contribution in [0.25, 0.3) is 0 Å². The summed E-state index contributed by atoms with van der Waals surface area (Å²) in [6.45, 7) is 17.3. The van der Waals surface area contributed by atoms with Crippen LogP contribution < -0.4 is 0 Å².